The van der Waals surface area contributed by atoms with Crippen molar-refractivity contribution in [1.82, 2.24) is 9.97 Å². The zero-order valence-corrected chi connectivity index (χ0v) is 13.6. The third kappa shape index (κ3) is 3.35. The van der Waals surface area contributed by atoms with Gasteiger partial charge in [0.25, 0.3) is 0 Å². The maximum Gasteiger partial charge on any atom is 0.451 e. The zero-order chi connectivity index (χ0) is 17.3. The van der Waals surface area contributed by atoms with Crippen LogP contribution in [0.3, 0.4) is 0 Å². The molecule has 0 bridgehead atoms. The molecule has 0 radical (unpaired) electrons. The first-order valence-electron chi connectivity index (χ1n) is 7.27. The summed E-state index contributed by atoms with van der Waals surface area (Å²) in [7, 11) is 1.25. The number of halogens is 3. The lowest BCUT2D eigenvalue weighted by atomic mass is 10.2. The normalized spacial score (nSPS) is 14.9. The number of aromatic nitrogens is 2. The van der Waals surface area contributed by atoms with Crippen molar-refractivity contribution in [3.8, 4) is 11.3 Å². The highest BCUT2D eigenvalue weighted by atomic mass is 32.1. The second-order valence-corrected chi connectivity index (χ2v) is 6.23. The Balaban J connectivity index is 2.04. The summed E-state index contributed by atoms with van der Waals surface area (Å²) in [6.07, 6.45) is -2.79. The predicted octanol–water partition coefficient (Wildman–Crippen LogP) is 3.61. The molecule has 0 N–H and O–H groups in total. The number of thiophene rings is 1. The number of ether oxygens (including phenoxy) is 1. The van der Waals surface area contributed by atoms with Gasteiger partial charge in [-0.25, -0.2) is 14.8 Å². The van der Waals surface area contributed by atoms with Gasteiger partial charge in [-0.3, -0.25) is 0 Å². The van der Waals surface area contributed by atoms with E-state index in [1.165, 1.54) is 19.2 Å². The highest BCUT2D eigenvalue weighted by molar-refractivity contribution is 7.12. The molecule has 0 unspecified atom stereocenters. The van der Waals surface area contributed by atoms with Gasteiger partial charge in [0.05, 0.1) is 12.8 Å². The van der Waals surface area contributed by atoms with Gasteiger partial charge in [0.1, 0.15) is 10.7 Å². The number of rotatable bonds is 3. The van der Waals surface area contributed by atoms with Crippen molar-refractivity contribution in [2.24, 2.45) is 0 Å². The molecular formula is C15H14F3N3O2S. The van der Waals surface area contributed by atoms with E-state index in [0.29, 0.717) is 23.5 Å². The fourth-order valence-electron chi connectivity index (χ4n) is 2.50. The number of esters is 1. The Kier molecular flexibility index (Phi) is 4.44. The van der Waals surface area contributed by atoms with Gasteiger partial charge in [0.2, 0.25) is 5.82 Å². The van der Waals surface area contributed by atoms with E-state index in [-0.39, 0.29) is 11.5 Å². The second kappa shape index (κ2) is 6.39. The first-order valence-corrected chi connectivity index (χ1v) is 8.15. The van der Waals surface area contributed by atoms with Crippen molar-refractivity contribution in [2.75, 3.05) is 25.1 Å². The maximum atomic E-state index is 13.1. The standard InChI is InChI=1S/C15H14F3N3O2S/c1-23-13(22)11-6-9(8-24-11)10-7-12(21-4-2-3-5-21)20-14(19-10)15(16,17)18/h6-8H,2-5H2,1H3. The summed E-state index contributed by atoms with van der Waals surface area (Å²) >= 11 is 1.10. The third-order valence-corrected chi connectivity index (χ3v) is 4.59. The van der Waals surface area contributed by atoms with Gasteiger partial charge < -0.3 is 9.64 Å². The SMILES string of the molecule is COC(=O)c1cc(-c2cc(N3CCCC3)nc(C(F)(F)F)n2)cs1. The molecule has 0 atom stereocenters. The molecule has 1 aliphatic rings. The molecule has 0 aliphatic carbocycles. The van der Waals surface area contributed by atoms with Crippen LogP contribution < -0.4 is 4.90 Å². The van der Waals surface area contributed by atoms with Crippen molar-refractivity contribution < 1.29 is 22.7 Å². The lowest BCUT2D eigenvalue weighted by Gasteiger charge is -2.18. The van der Waals surface area contributed by atoms with Crippen LogP contribution in [0, 0.1) is 0 Å². The average molecular weight is 357 g/mol. The number of alkyl halides is 3. The fourth-order valence-corrected chi connectivity index (χ4v) is 3.31. The fraction of sp³-hybridized carbons (Fsp3) is 0.400. The van der Waals surface area contributed by atoms with Crippen LogP contribution in [0.15, 0.2) is 17.5 Å². The van der Waals surface area contributed by atoms with Crippen LogP contribution in [-0.2, 0) is 10.9 Å². The Bertz CT molecular complexity index is 755. The molecule has 5 nitrogen and oxygen atoms in total. The molecule has 9 heteroatoms. The van der Waals surface area contributed by atoms with Crippen LogP contribution >= 0.6 is 11.3 Å². The van der Waals surface area contributed by atoms with E-state index in [0.717, 1.165) is 24.2 Å². The molecule has 2 aromatic heterocycles. The van der Waals surface area contributed by atoms with Crippen molar-refractivity contribution in [1.29, 1.82) is 0 Å². The summed E-state index contributed by atoms with van der Waals surface area (Å²) in [6, 6.07) is 3.01. The van der Waals surface area contributed by atoms with Crippen LogP contribution in [0.25, 0.3) is 11.3 Å². The van der Waals surface area contributed by atoms with E-state index in [9.17, 15) is 18.0 Å². The molecule has 128 valence electrons. The monoisotopic (exact) mass is 357 g/mol. The van der Waals surface area contributed by atoms with Crippen molar-refractivity contribution in [2.45, 2.75) is 19.0 Å². The summed E-state index contributed by atoms with van der Waals surface area (Å²) in [5.41, 5.74) is 0.583. The van der Waals surface area contributed by atoms with Gasteiger partial charge in [-0.2, -0.15) is 13.2 Å². The Morgan fingerprint density at radius 2 is 1.96 bits per heavy atom. The van der Waals surface area contributed by atoms with E-state index in [1.807, 2.05) is 4.90 Å². The van der Waals surface area contributed by atoms with Gasteiger partial charge in [-0.1, -0.05) is 0 Å². The topological polar surface area (TPSA) is 55.3 Å². The predicted molar refractivity (Wildman–Crippen MR) is 83.1 cm³/mol. The van der Waals surface area contributed by atoms with Crippen LogP contribution in [0.4, 0.5) is 19.0 Å². The zero-order valence-electron chi connectivity index (χ0n) is 12.8. The van der Waals surface area contributed by atoms with E-state index in [2.05, 4.69) is 14.7 Å². The Morgan fingerprint density at radius 3 is 2.58 bits per heavy atom. The third-order valence-electron chi connectivity index (χ3n) is 3.68. The summed E-state index contributed by atoms with van der Waals surface area (Å²) in [5.74, 6) is -1.44. The minimum atomic E-state index is -4.63. The molecule has 0 amide bonds. The summed E-state index contributed by atoms with van der Waals surface area (Å²) < 4.78 is 44.0. The molecule has 1 aliphatic heterocycles. The molecule has 1 fully saturated rings. The number of carbonyl (C=O) groups excluding carboxylic acids is 1. The first-order chi connectivity index (χ1) is 11.4. The lowest BCUT2D eigenvalue weighted by Crippen LogP contribution is -2.22. The van der Waals surface area contributed by atoms with Crippen LogP contribution in [0.5, 0.6) is 0 Å². The summed E-state index contributed by atoms with van der Waals surface area (Å²) in [5, 5.41) is 1.59. The van der Waals surface area contributed by atoms with Crippen LogP contribution in [0.2, 0.25) is 0 Å². The summed E-state index contributed by atoms with van der Waals surface area (Å²) in [6.45, 7) is 1.34. The molecular weight excluding hydrogens is 343 g/mol. The van der Waals surface area contributed by atoms with E-state index >= 15 is 0 Å². The largest absolute Gasteiger partial charge is 0.465 e. The quantitative estimate of drug-likeness (QED) is 0.786. The maximum absolute atomic E-state index is 13.1. The highest BCUT2D eigenvalue weighted by Crippen LogP contribution is 2.33. The van der Waals surface area contributed by atoms with E-state index in [1.54, 1.807) is 5.38 Å². The Hall–Kier alpha value is -2.16. The molecule has 3 rings (SSSR count). The average Bonchev–Trinajstić information content (AvgIpc) is 3.24. The number of hydrogen-bond acceptors (Lipinski definition) is 6. The van der Waals surface area contributed by atoms with E-state index in [4.69, 9.17) is 0 Å². The number of nitrogens with zero attached hydrogens (tertiary/aromatic N) is 3. The van der Waals surface area contributed by atoms with Gasteiger partial charge >= 0.3 is 12.1 Å². The number of methoxy groups -OCH3 is 1. The Labute approximate surface area is 140 Å². The molecule has 24 heavy (non-hydrogen) atoms. The molecule has 0 saturated carbocycles. The summed E-state index contributed by atoms with van der Waals surface area (Å²) in [4.78, 5) is 21.0. The molecule has 3 heterocycles. The Morgan fingerprint density at radius 1 is 1.25 bits per heavy atom. The molecule has 0 aromatic carbocycles. The van der Waals surface area contributed by atoms with Gasteiger partial charge in [-0.05, 0) is 18.9 Å². The van der Waals surface area contributed by atoms with Crippen LogP contribution in [0.1, 0.15) is 28.3 Å². The number of carbonyl (C=O) groups is 1. The number of anilines is 1. The molecule has 0 spiro atoms. The van der Waals surface area contributed by atoms with Crippen molar-refractivity contribution >= 4 is 23.1 Å². The van der Waals surface area contributed by atoms with Crippen molar-refractivity contribution in [3.63, 3.8) is 0 Å². The van der Waals surface area contributed by atoms with Gasteiger partial charge in [0, 0.05) is 30.1 Å². The highest BCUT2D eigenvalue weighted by Gasteiger charge is 2.36. The minimum absolute atomic E-state index is 0.144. The van der Waals surface area contributed by atoms with Gasteiger partial charge in [-0.15, -0.1) is 11.3 Å². The minimum Gasteiger partial charge on any atom is -0.465 e. The van der Waals surface area contributed by atoms with E-state index < -0.39 is 18.0 Å². The smallest absolute Gasteiger partial charge is 0.451 e. The first kappa shape index (κ1) is 16.7. The second-order valence-electron chi connectivity index (χ2n) is 5.32. The lowest BCUT2D eigenvalue weighted by molar-refractivity contribution is -0.144. The van der Waals surface area contributed by atoms with Gasteiger partial charge in [0.15, 0.2) is 0 Å². The number of hydrogen-bond donors (Lipinski definition) is 0. The van der Waals surface area contributed by atoms with Crippen molar-refractivity contribution in [3.05, 3.63) is 28.2 Å². The molecule has 2 aromatic rings. The van der Waals surface area contributed by atoms with Crippen LogP contribution in [-0.4, -0.2) is 36.1 Å². The molecule has 1 saturated heterocycles.